The number of ether oxygens (including phenoxy) is 1. The topological polar surface area (TPSA) is 79.8 Å². The van der Waals surface area contributed by atoms with Crippen molar-refractivity contribution in [2.75, 3.05) is 5.32 Å². The Hall–Kier alpha value is -3.58. The van der Waals surface area contributed by atoms with E-state index >= 15 is 0 Å². The van der Waals surface area contributed by atoms with E-state index in [-0.39, 0.29) is 18.2 Å². The standard InChI is InChI=1S/C23H19N3O3S/c27-21(15-20-22(28)26-23(30-20)25-16-7-3-1-4-8-16)24-17-11-13-19(14-12-17)29-18-9-5-2-6-10-18/h1-14,20H,15H2,(H,24,27)(H,25,26,28)/t20-/m0/s1. The van der Waals surface area contributed by atoms with Gasteiger partial charge in [-0.25, -0.2) is 4.99 Å². The average Bonchev–Trinajstić information content (AvgIpc) is 3.09. The van der Waals surface area contributed by atoms with E-state index in [0.717, 1.165) is 11.4 Å². The van der Waals surface area contributed by atoms with Crippen molar-refractivity contribution in [2.24, 2.45) is 4.99 Å². The van der Waals surface area contributed by atoms with Crippen LogP contribution in [0.15, 0.2) is 89.9 Å². The van der Waals surface area contributed by atoms with E-state index < -0.39 is 5.25 Å². The Morgan fingerprint density at radius 1 is 0.933 bits per heavy atom. The number of para-hydroxylation sites is 2. The fourth-order valence-corrected chi connectivity index (χ4v) is 3.81. The molecule has 0 bridgehead atoms. The molecule has 1 fully saturated rings. The highest BCUT2D eigenvalue weighted by molar-refractivity contribution is 8.15. The molecule has 6 nitrogen and oxygen atoms in total. The molecule has 0 saturated carbocycles. The second-order valence-corrected chi connectivity index (χ2v) is 7.73. The van der Waals surface area contributed by atoms with Gasteiger partial charge < -0.3 is 15.4 Å². The quantitative estimate of drug-likeness (QED) is 0.608. The lowest BCUT2D eigenvalue weighted by Crippen LogP contribution is -2.28. The first-order valence-electron chi connectivity index (χ1n) is 9.40. The second-order valence-electron chi connectivity index (χ2n) is 6.54. The molecule has 0 radical (unpaired) electrons. The van der Waals surface area contributed by atoms with E-state index in [1.54, 1.807) is 24.3 Å². The van der Waals surface area contributed by atoms with E-state index in [1.165, 1.54) is 11.8 Å². The van der Waals surface area contributed by atoms with E-state index in [9.17, 15) is 9.59 Å². The predicted octanol–water partition coefficient (Wildman–Crippen LogP) is 4.73. The Kier molecular flexibility index (Phi) is 6.10. The first kappa shape index (κ1) is 19.7. The van der Waals surface area contributed by atoms with Crippen LogP contribution in [-0.2, 0) is 9.59 Å². The summed E-state index contributed by atoms with van der Waals surface area (Å²) < 4.78 is 5.74. The van der Waals surface area contributed by atoms with Crippen molar-refractivity contribution >= 4 is 40.1 Å². The molecule has 1 heterocycles. The van der Waals surface area contributed by atoms with E-state index in [4.69, 9.17) is 4.74 Å². The molecule has 2 amide bonds. The van der Waals surface area contributed by atoms with Crippen LogP contribution in [-0.4, -0.2) is 22.2 Å². The summed E-state index contributed by atoms with van der Waals surface area (Å²) >= 11 is 1.26. The summed E-state index contributed by atoms with van der Waals surface area (Å²) in [4.78, 5) is 28.9. The summed E-state index contributed by atoms with van der Waals surface area (Å²) in [6.45, 7) is 0. The van der Waals surface area contributed by atoms with Gasteiger partial charge in [-0.2, -0.15) is 0 Å². The van der Waals surface area contributed by atoms with Crippen molar-refractivity contribution in [3.05, 3.63) is 84.9 Å². The zero-order valence-corrected chi connectivity index (χ0v) is 16.8. The van der Waals surface area contributed by atoms with Gasteiger partial charge >= 0.3 is 0 Å². The fourth-order valence-electron chi connectivity index (χ4n) is 2.82. The smallest absolute Gasteiger partial charge is 0.240 e. The molecule has 1 atom stereocenters. The van der Waals surface area contributed by atoms with Crippen molar-refractivity contribution in [1.82, 2.24) is 5.32 Å². The van der Waals surface area contributed by atoms with Crippen molar-refractivity contribution in [2.45, 2.75) is 11.7 Å². The van der Waals surface area contributed by atoms with Crippen LogP contribution in [0.5, 0.6) is 11.5 Å². The Morgan fingerprint density at radius 2 is 1.57 bits per heavy atom. The second kappa shape index (κ2) is 9.28. The minimum atomic E-state index is -0.506. The van der Waals surface area contributed by atoms with Crippen LogP contribution >= 0.6 is 11.8 Å². The third kappa shape index (κ3) is 5.27. The van der Waals surface area contributed by atoms with Gasteiger partial charge in [0.05, 0.1) is 5.69 Å². The predicted molar refractivity (Wildman–Crippen MR) is 119 cm³/mol. The van der Waals surface area contributed by atoms with Crippen LogP contribution in [0.2, 0.25) is 0 Å². The van der Waals surface area contributed by atoms with Crippen molar-refractivity contribution < 1.29 is 14.3 Å². The monoisotopic (exact) mass is 417 g/mol. The van der Waals surface area contributed by atoms with Crippen molar-refractivity contribution in [3.8, 4) is 11.5 Å². The number of amidine groups is 1. The third-order valence-corrected chi connectivity index (χ3v) is 5.33. The summed E-state index contributed by atoms with van der Waals surface area (Å²) in [6.07, 6.45) is 0.0621. The lowest BCUT2D eigenvalue weighted by Gasteiger charge is -2.09. The molecular weight excluding hydrogens is 398 g/mol. The summed E-state index contributed by atoms with van der Waals surface area (Å²) in [5.74, 6) is 0.968. The molecule has 0 aromatic heterocycles. The van der Waals surface area contributed by atoms with E-state index in [0.29, 0.717) is 16.6 Å². The van der Waals surface area contributed by atoms with Crippen LogP contribution in [0.25, 0.3) is 0 Å². The molecular formula is C23H19N3O3S. The van der Waals surface area contributed by atoms with Gasteiger partial charge in [0, 0.05) is 12.1 Å². The van der Waals surface area contributed by atoms with E-state index in [2.05, 4.69) is 15.6 Å². The summed E-state index contributed by atoms with van der Waals surface area (Å²) in [5, 5.41) is 5.55. The number of benzene rings is 3. The zero-order valence-electron chi connectivity index (χ0n) is 15.9. The van der Waals surface area contributed by atoms with Crippen molar-refractivity contribution in [1.29, 1.82) is 0 Å². The first-order chi connectivity index (χ1) is 14.7. The molecule has 1 aliphatic rings. The number of aliphatic imine (C=N–C) groups is 1. The van der Waals surface area contributed by atoms with Crippen molar-refractivity contribution in [3.63, 3.8) is 0 Å². The molecule has 7 heteroatoms. The maximum Gasteiger partial charge on any atom is 0.240 e. The van der Waals surface area contributed by atoms with Crippen LogP contribution in [0, 0.1) is 0 Å². The number of hydrogen-bond acceptors (Lipinski definition) is 5. The molecule has 150 valence electrons. The zero-order chi connectivity index (χ0) is 20.8. The van der Waals surface area contributed by atoms with Gasteiger partial charge in [0.15, 0.2) is 5.17 Å². The number of nitrogens with one attached hydrogen (secondary N) is 2. The van der Waals surface area contributed by atoms with Gasteiger partial charge in [-0.15, -0.1) is 0 Å². The van der Waals surface area contributed by atoms with Gasteiger partial charge in [-0.1, -0.05) is 48.2 Å². The number of carbonyl (C=O) groups is 2. The van der Waals surface area contributed by atoms with Gasteiger partial charge in [-0.05, 0) is 48.5 Å². The molecule has 0 spiro atoms. The number of amides is 2. The SMILES string of the molecule is O=C(C[C@@H]1SC(=Nc2ccccc2)NC1=O)Nc1ccc(Oc2ccccc2)cc1. The maximum atomic E-state index is 12.4. The summed E-state index contributed by atoms with van der Waals surface area (Å²) in [6, 6.07) is 25.9. The maximum absolute atomic E-state index is 12.4. The van der Waals surface area contributed by atoms with Crippen LogP contribution in [0.3, 0.4) is 0 Å². The molecule has 3 aromatic rings. The first-order valence-corrected chi connectivity index (χ1v) is 10.3. The highest BCUT2D eigenvalue weighted by Crippen LogP contribution is 2.26. The minimum Gasteiger partial charge on any atom is -0.457 e. The van der Waals surface area contributed by atoms with Gasteiger partial charge in [0.2, 0.25) is 11.8 Å². The molecule has 1 saturated heterocycles. The number of carbonyl (C=O) groups excluding carboxylic acids is 2. The highest BCUT2D eigenvalue weighted by Gasteiger charge is 2.32. The van der Waals surface area contributed by atoms with Gasteiger partial charge in [-0.3, -0.25) is 9.59 Å². The fraction of sp³-hybridized carbons (Fsp3) is 0.0870. The largest absolute Gasteiger partial charge is 0.457 e. The Balaban J connectivity index is 1.31. The Morgan fingerprint density at radius 3 is 2.27 bits per heavy atom. The molecule has 0 aliphatic carbocycles. The molecule has 30 heavy (non-hydrogen) atoms. The van der Waals surface area contributed by atoms with E-state index in [1.807, 2.05) is 60.7 Å². The van der Waals surface area contributed by atoms with Gasteiger partial charge in [0.25, 0.3) is 0 Å². The number of rotatable bonds is 6. The average molecular weight is 417 g/mol. The molecule has 3 aromatic carbocycles. The Labute approximate surface area is 178 Å². The molecule has 2 N–H and O–H groups in total. The third-order valence-electron chi connectivity index (χ3n) is 4.25. The van der Waals surface area contributed by atoms with Crippen LogP contribution in [0.4, 0.5) is 11.4 Å². The molecule has 0 unspecified atom stereocenters. The number of hydrogen-bond donors (Lipinski definition) is 2. The minimum absolute atomic E-state index is 0.0621. The number of thioether (sulfide) groups is 1. The number of nitrogens with zero attached hydrogens (tertiary/aromatic N) is 1. The van der Waals surface area contributed by atoms with Crippen LogP contribution in [0.1, 0.15) is 6.42 Å². The number of anilines is 1. The summed E-state index contributed by atoms with van der Waals surface area (Å²) in [5.41, 5.74) is 1.39. The van der Waals surface area contributed by atoms with Gasteiger partial charge in [0.1, 0.15) is 16.7 Å². The summed E-state index contributed by atoms with van der Waals surface area (Å²) in [7, 11) is 0. The lowest BCUT2D eigenvalue weighted by molar-refractivity contribution is -0.122. The molecule has 1 aliphatic heterocycles. The normalized spacial score (nSPS) is 16.9. The van der Waals surface area contributed by atoms with Crippen LogP contribution < -0.4 is 15.4 Å². The highest BCUT2D eigenvalue weighted by atomic mass is 32.2. The lowest BCUT2D eigenvalue weighted by atomic mass is 10.2. The molecule has 4 rings (SSSR count). The Bertz CT molecular complexity index is 1050.